The van der Waals surface area contributed by atoms with Crippen molar-refractivity contribution in [3.8, 4) is 17.3 Å². The van der Waals surface area contributed by atoms with Gasteiger partial charge in [0.05, 0.1) is 34.6 Å². The van der Waals surface area contributed by atoms with Crippen LogP contribution in [0.2, 0.25) is 5.02 Å². The number of aliphatic hydroxyl groups excluding tert-OH is 1. The first-order valence-electron chi connectivity index (χ1n) is 11.5. The van der Waals surface area contributed by atoms with Crippen LogP contribution in [0.25, 0.3) is 11.3 Å². The summed E-state index contributed by atoms with van der Waals surface area (Å²) in [5, 5.41) is 11.8. The first-order chi connectivity index (χ1) is 17.7. The number of hydrogen-bond acceptors (Lipinski definition) is 7. The van der Waals surface area contributed by atoms with E-state index in [1.807, 2.05) is 0 Å². The van der Waals surface area contributed by atoms with Crippen LogP contribution in [-0.2, 0) is 6.18 Å². The van der Waals surface area contributed by atoms with Crippen molar-refractivity contribution < 1.29 is 27.8 Å². The molecule has 13 heteroatoms. The maximum absolute atomic E-state index is 13.4. The molecule has 0 unspecified atom stereocenters. The number of nitrogens with zero attached hydrogens (tertiary/aromatic N) is 5. The number of carbonyl (C=O) groups excluding carboxylic acids is 1. The number of urea groups is 1. The largest absolute Gasteiger partial charge is 0.463 e. The maximum atomic E-state index is 13.4. The molecule has 0 aliphatic carbocycles. The number of hydrogen-bond donors (Lipinski definition) is 2. The highest BCUT2D eigenvalue weighted by Gasteiger charge is 2.41. The Morgan fingerprint density at radius 2 is 2.08 bits per heavy atom. The molecule has 5 rings (SSSR count). The van der Waals surface area contributed by atoms with Crippen molar-refractivity contribution in [2.24, 2.45) is 0 Å². The van der Waals surface area contributed by atoms with Crippen LogP contribution in [0.5, 0.6) is 6.01 Å². The molecule has 1 aromatic carbocycles. The van der Waals surface area contributed by atoms with Crippen LogP contribution in [0.15, 0.2) is 42.6 Å². The number of rotatable bonds is 6. The number of fused-ring (bicyclic) bond motifs is 4. The molecule has 0 radical (unpaired) electrons. The number of aromatic nitrogens is 3. The summed E-state index contributed by atoms with van der Waals surface area (Å²) in [4.78, 5) is 29.8. The molecule has 0 saturated carbocycles. The standard InChI is InChI=1S/C24H22ClF3N6O3/c25-17-12-18-21(32-20(17)14-3-1-4-15(11-14)24(26,27)28)34(16-6-8-33(18)13-16)23(36)31-19-5-7-29-22(30-19)37-10-2-9-35/h1,3-5,7,11-12,16,35H,2,6,8-10,13H2,(H,29,30,31,36)/t16-/m0/s1. The molecule has 4 heterocycles. The quantitative estimate of drug-likeness (QED) is 0.445. The highest BCUT2D eigenvalue weighted by Crippen LogP contribution is 2.43. The summed E-state index contributed by atoms with van der Waals surface area (Å²) in [5.74, 6) is 0.504. The summed E-state index contributed by atoms with van der Waals surface area (Å²) >= 11 is 6.49. The van der Waals surface area contributed by atoms with Crippen molar-refractivity contribution in [3.05, 3.63) is 53.2 Å². The van der Waals surface area contributed by atoms with Crippen LogP contribution in [-0.4, -0.2) is 58.4 Å². The van der Waals surface area contributed by atoms with Gasteiger partial charge in [-0.15, -0.1) is 0 Å². The van der Waals surface area contributed by atoms with E-state index in [2.05, 4.69) is 25.2 Å². The highest BCUT2D eigenvalue weighted by atomic mass is 35.5. The van der Waals surface area contributed by atoms with Crippen molar-refractivity contribution in [3.63, 3.8) is 0 Å². The van der Waals surface area contributed by atoms with Gasteiger partial charge in [-0.1, -0.05) is 23.7 Å². The van der Waals surface area contributed by atoms with Crippen molar-refractivity contribution in [1.82, 2.24) is 15.0 Å². The number of benzene rings is 1. The lowest BCUT2D eigenvalue weighted by Crippen LogP contribution is -2.48. The van der Waals surface area contributed by atoms with E-state index >= 15 is 0 Å². The third kappa shape index (κ3) is 5.12. The molecule has 1 atom stereocenters. The normalized spacial score (nSPS) is 16.5. The van der Waals surface area contributed by atoms with Gasteiger partial charge in [-0.25, -0.2) is 14.8 Å². The Hall–Kier alpha value is -3.64. The van der Waals surface area contributed by atoms with Gasteiger partial charge in [0.25, 0.3) is 0 Å². The number of halogens is 4. The Balaban J connectivity index is 1.47. The van der Waals surface area contributed by atoms with E-state index in [1.54, 1.807) is 6.07 Å². The van der Waals surface area contributed by atoms with Gasteiger partial charge in [-0.05, 0) is 30.7 Å². The first kappa shape index (κ1) is 25.0. The summed E-state index contributed by atoms with van der Waals surface area (Å²) < 4.78 is 45.3. The molecule has 37 heavy (non-hydrogen) atoms. The third-order valence-corrected chi connectivity index (χ3v) is 6.41. The molecule has 9 nitrogen and oxygen atoms in total. The Labute approximate surface area is 214 Å². The summed E-state index contributed by atoms with van der Waals surface area (Å²) in [6, 6.07) is 7.25. The van der Waals surface area contributed by atoms with Crippen LogP contribution >= 0.6 is 11.6 Å². The maximum Gasteiger partial charge on any atom is 0.416 e. The van der Waals surface area contributed by atoms with Crippen molar-refractivity contribution in [2.75, 3.05) is 41.4 Å². The third-order valence-electron chi connectivity index (χ3n) is 6.12. The zero-order valence-corrected chi connectivity index (χ0v) is 20.1. The molecule has 194 valence electrons. The number of carbonyl (C=O) groups is 1. The second-order valence-electron chi connectivity index (χ2n) is 8.58. The summed E-state index contributed by atoms with van der Waals surface area (Å²) in [6.07, 6.45) is -2.00. The number of aliphatic hydroxyl groups is 1. The van der Waals surface area contributed by atoms with Gasteiger partial charge >= 0.3 is 18.2 Å². The van der Waals surface area contributed by atoms with E-state index in [1.165, 1.54) is 29.3 Å². The van der Waals surface area contributed by atoms with Crippen LogP contribution < -0.4 is 19.9 Å². The molecule has 1 fully saturated rings. The number of amides is 2. The number of nitrogens with one attached hydrogen (secondary N) is 1. The average molecular weight is 535 g/mol. The van der Waals surface area contributed by atoms with Crippen molar-refractivity contribution in [1.29, 1.82) is 0 Å². The van der Waals surface area contributed by atoms with E-state index in [0.29, 0.717) is 37.4 Å². The predicted octanol–water partition coefficient (Wildman–Crippen LogP) is 4.60. The van der Waals surface area contributed by atoms with E-state index in [0.717, 1.165) is 12.1 Å². The number of pyridine rings is 1. The van der Waals surface area contributed by atoms with E-state index < -0.39 is 17.8 Å². The molecule has 3 aromatic rings. The summed E-state index contributed by atoms with van der Waals surface area (Å²) in [6.45, 7) is 1.43. The molecular weight excluding hydrogens is 513 g/mol. The molecule has 2 aromatic heterocycles. The van der Waals surface area contributed by atoms with E-state index in [9.17, 15) is 18.0 Å². The van der Waals surface area contributed by atoms with Gasteiger partial charge in [0.2, 0.25) is 0 Å². The Morgan fingerprint density at radius 3 is 2.86 bits per heavy atom. The lowest BCUT2D eigenvalue weighted by Gasteiger charge is -2.36. The first-order valence-corrected chi connectivity index (χ1v) is 11.9. The minimum Gasteiger partial charge on any atom is -0.463 e. The Bertz CT molecular complexity index is 1330. The zero-order valence-electron chi connectivity index (χ0n) is 19.4. The SMILES string of the molecule is O=C(Nc1ccnc(OCCCO)n1)N1c2nc(-c3cccc(C(F)(F)F)c3)c(Cl)cc2N2CC[C@H]1C2. The smallest absolute Gasteiger partial charge is 0.416 e. The molecule has 2 amide bonds. The summed E-state index contributed by atoms with van der Waals surface area (Å²) in [5.41, 5.74) is 0.143. The van der Waals surface area contributed by atoms with E-state index in [-0.39, 0.29) is 47.4 Å². The van der Waals surface area contributed by atoms with Crippen LogP contribution in [0, 0.1) is 0 Å². The van der Waals surface area contributed by atoms with Crippen LogP contribution in [0.3, 0.4) is 0 Å². The zero-order chi connectivity index (χ0) is 26.2. The molecule has 2 aliphatic rings. The minimum atomic E-state index is -4.52. The average Bonchev–Trinajstić information content (AvgIpc) is 3.29. The highest BCUT2D eigenvalue weighted by molar-refractivity contribution is 6.33. The van der Waals surface area contributed by atoms with Crippen LogP contribution in [0.1, 0.15) is 18.4 Å². The molecular formula is C24H22ClF3N6O3. The van der Waals surface area contributed by atoms with Crippen LogP contribution in [0.4, 0.5) is 35.3 Å². The summed E-state index contributed by atoms with van der Waals surface area (Å²) in [7, 11) is 0. The fourth-order valence-electron chi connectivity index (χ4n) is 4.41. The second-order valence-corrected chi connectivity index (χ2v) is 8.99. The fourth-order valence-corrected chi connectivity index (χ4v) is 4.66. The van der Waals surface area contributed by atoms with Crippen molar-refractivity contribution >= 4 is 35.0 Å². The van der Waals surface area contributed by atoms with Gasteiger partial charge in [-0.2, -0.15) is 18.2 Å². The van der Waals surface area contributed by atoms with E-state index in [4.69, 9.17) is 21.4 Å². The van der Waals surface area contributed by atoms with Crippen molar-refractivity contribution in [2.45, 2.75) is 25.1 Å². The molecule has 2 bridgehead atoms. The number of alkyl halides is 3. The fraction of sp³-hybridized carbons (Fsp3) is 0.333. The predicted molar refractivity (Wildman–Crippen MR) is 131 cm³/mol. The Kier molecular flexibility index (Phi) is 6.78. The monoisotopic (exact) mass is 534 g/mol. The lowest BCUT2D eigenvalue weighted by atomic mass is 10.1. The molecule has 2 N–H and O–H groups in total. The Morgan fingerprint density at radius 1 is 1.24 bits per heavy atom. The molecule has 0 spiro atoms. The minimum absolute atomic E-state index is 0.0390. The number of ether oxygens (including phenoxy) is 1. The topological polar surface area (TPSA) is 104 Å². The van der Waals surface area contributed by atoms with Gasteiger partial charge in [0.15, 0.2) is 5.82 Å². The van der Waals surface area contributed by atoms with Gasteiger partial charge in [0.1, 0.15) is 5.82 Å². The second kappa shape index (κ2) is 10.0. The van der Waals surface area contributed by atoms with Gasteiger partial charge in [0, 0.05) is 37.9 Å². The van der Waals surface area contributed by atoms with Gasteiger partial charge in [-0.3, -0.25) is 10.2 Å². The number of anilines is 3. The molecule has 2 aliphatic heterocycles. The lowest BCUT2D eigenvalue weighted by molar-refractivity contribution is -0.137. The van der Waals surface area contributed by atoms with Gasteiger partial charge < -0.3 is 14.7 Å². The molecule has 1 saturated heterocycles.